The third kappa shape index (κ3) is 14.3. The monoisotopic (exact) mass is 505 g/mol. The summed E-state index contributed by atoms with van der Waals surface area (Å²) in [7, 11) is 10.9. The van der Waals surface area contributed by atoms with Crippen molar-refractivity contribution in [2.24, 2.45) is 0 Å². The van der Waals surface area contributed by atoms with E-state index in [0.29, 0.717) is 30.4 Å². The van der Waals surface area contributed by atoms with Gasteiger partial charge in [-0.15, -0.1) is 0 Å². The van der Waals surface area contributed by atoms with Crippen LogP contribution in [-0.2, 0) is 4.79 Å². The van der Waals surface area contributed by atoms with E-state index in [2.05, 4.69) is 44.1 Å². The summed E-state index contributed by atoms with van der Waals surface area (Å²) in [5.41, 5.74) is 0.840. The first-order valence-electron chi connectivity index (χ1n) is 13.5. The minimum Gasteiger partial charge on any atom is -0.356 e. The zero-order valence-corrected chi connectivity index (χ0v) is 23.4. The predicted molar refractivity (Wildman–Crippen MR) is 147 cm³/mol. The molecule has 0 radical (unpaired) electrons. The molecule has 8 nitrogen and oxygen atoms in total. The van der Waals surface area contributed by atoms with Crippen molar-refractivity contribution in [2.75, 3.05) is 81.1 Å². The lowest BCUT2D eigenvalue weighted by Gasteiger charge is -2.30. The molecular weight excluding hydrogens is 454 g/mol. The largest absolute Gasteiger partial charge is 0.356 e. The summed E-state index contributed by atoms with van der Waals surface area (Å²) in [4.78, 5) is 35.5. The summed E-state index contributed by atoms with van der Waals surface area (Å²) in [5.74, 6) is -0.0373. The maximum Gasteiger partial charge on any atom is 0.252 e. The highest BCUT2D eigenvalue weighted by molar-refractivity contribution is 6.01. The lowest BCUT2D eigenvalue weighted by atomic mass is 10.1. The Morgan fingerprint density at radius 2 is 1.31 bits per heavy atom. The zero-order chi connectivity index (χ0) is 26.9. The van der Waals surface area contributed by atoms with E-state index < -0.39 is 0 Å². The van der Waals surface area contributed by atoms with E-state index >= 15 is 0 Å². The fraction of sp³-hybridized carbons (Fsp3) is 0.679. The van der Waals surface area contributed by atoms with Crippen LogP contribution in [0.25, 0.3) is 0 Å². The van der Waals surface area contributed by atoms with Gasteiger partial charge in [0.2, 0.25) is 5.91 Å². The Bertz CT molecular complexity index is 795. The number of nitrogens with zero attached hydrogens (tertiary/aromatic N) is 2. The second-order valence-corrected chi connectivity index (χ2v) is 11.1. The van der Waals surface area contributed by atoms with E-state index in [0.717, 1.165) is 80.3 Å². The van der Waals surface area contributed by atoms with Crippen molar-refractivity contribution in [2.45, 2.75) is 44.9 Å². The molecule has 0 fully saturated rings. The molecule has 1 rings (SSSR count). The molecule has 0 aromatic heterocycles. The average Bonchev–Trinajstić information content (AvgIpc) is 2.84. The summed E-state index contributed by atoms with van der Waals surface area (Å²) >= 11 is 0. The Morgan fingerprint density at radius 1 is 0.750 bits per heavy atom. The van der Waals surface area contributed by atoms with Crippen LogP contribution < -0.4 is 16.0 Å². The minimum atomic E-state index is -0.200. The number of unbranched alkanes of at least 4 members (excludes halogenated alkanes) is 2. The first-order chi connectivity index (χ1) is 17.1. The lowest BCUT2D eigenvalue weighted by Crippen LogP contribution is -2.43. The van der Waals surface area contributed by atoms with Gasteiger partial charge in [0, 0.05) is 56.4 Å². The molecule has 1 aromatic rings. The molecule has 0 spiro atoms. The van der Waals surface area contributed by atoms with Crippen LogP contribution in [0.15, 0.2) is 24.3 Å². The van der Waals surface area contributed by atoms with E-state index in [1.54, 1.807) is 24.3 Å². The molecule has 0 saturated carbocycles. The highest BCUT2D eigenvalue weighted by Crippen LogP contribution is 2.08. The summed E-state index contributed by atoms with van der Waals surface area (Å²) in [6, 6.07) is 6.84. The first kappa shape index (κ1) is 31.7. The molecule has 0 aliphatic carbocycles. The first-order valence-corrected chi connectivity index (χ1v) is 13.5. The number of aldehydes is 1. The number of carbonyl (C=O) groups excluding carboxylic acids is 3. The van der Waals surface area contributed by atoms with Gasteiger partial charge in [-0.1, -0.05) is 18.2 Å². The number of nitrogens with one attached hydrogen (secondary N) is 3. The van der Waals surface area contributed by atoms with Crippen molar-refractivity contribution in [3.8, 4) is 0 Å². The maximum absolute atomic E-state index is 12.3. The van der Waals surface area contributed by atoms with Gasteiger partial charge in [-0.25, -0.2) is 0 Å². The Hall–Kier alpha value is -2.29. The van der Waals surface area contributed by atoms with Crippen molar-refractivity contribution >= 4 is 18.1 Å². The van der Waals surface area contributed by atoms with Gasteiger partial charge in [0.15, 0.2) is 6.29 Å². The molecule has 36 heavy (non-hydrogen) atoms. The third-order valence-corrected chi connectivity index (χ3v) is 6.68. The molecule has 0 bridgehead atoms. The average molecular weight is 506 g/mol. The molecular formula is C28H51N5O3+2. The molecule has 3 N–H and O–H groups in total. The van der Waals surface area contributed by atoms with E-state index in [4.69, 9.17) is 0 Å². The smallest absolute Gasteiger partial charge is 0.252 e. The van der Waals surface area contributed by atoms with Crippen LogP contribution in [0.3, 0.4) is 0 Å². The number of quaternary nitrogens is 2. The van der Waals surface area contributed by atoms with Crippen molar-refractivity contribution in [1.29, 1.82) is 0 Å². The molecule has 1 aromatic carbocycles. The van der Waals surface area contributed by atoms with Gasteiger partial charge in [0.05, 0.1) is 54.4 Å². The van der Waals surface area contributed by atoms with Crippen LogP contribution in [0.1, 0.15) is 65.7 Å². The Kier molecular flexibility index (Phi) is 15.2. The molecule has 0 saturated heterocycles. The van der Waals surface area contributed by atoms with Gasteiger partial charge >= 0.3 is 0 Å². The molecule has 0 aliphatic rings. The topological polar surface area (TPSA) is 87.3 Å². The van der Waals surface area contributed by atoms with Crippen molar-refractivity contribution in [3.05, 3.63) is 35.4 Å². The summed E-state index contributed by atoms with van der Waals surface area (Å²) in [6.45, 7) is 6.62. The summed E-state index contributed by atoms with van der Waals surface area (Å²) in [6.07, 6.45) is 7.41. The fourth-order valence-electron chi connectivity index (χ4n) is 4.34. The second kappa shape index (κ2) is 17.2. The van der Waals surface area contributed by atoms with E-state index in [1.165, 1.54) is 6.42 Å². The van der Waals surface area contributed by atoms with Gasteiger partial charge < -0.3 is 24.9 Å². The molecule has 204 valence electrons. The normalized spacial score (nSPS) is 11.8. The predicted octanol–water partition coefficient (Wildman–Crippen LogP) is 2.45. The van der Waals surface area contributed by atoms with Gasteiger partial charge in [0.1, 0.15) is 0 Å². The summed E-state index contributed by atoms with van der Waals surface area (Å²) < 4.78 is 1.88. The van der Waals surface area contributed by atoms with Crippen LogP contribution >= 0.6 is 0 Å². The van der Waals surface area contributed by atoms with Crippen LogP contribution in [0, 0.1) is 0 Å². The Labute approximate surface area is 219 Å². The molecule has 2 amide bonds. The lowest BCUT2D eigenvalue weighted by molar-refractivity contribution is -0.890. The van der Waals surface area contributed by atoms with Gasteiger partial charge in [-0.05, 0) is 32.4 Å². The van der Waals surface area contributed by atoms with Gasteiger partial charge in [-0.2, -0.15) is 0 Å². The highest BCUT2D eigenvalue weighted by atomic mass is 16.2. The van der Waals surface area contributed by atoms with Crippen LogP contribution in [0.2, 0.25) is 0 Å². The second-order valence-electron chi connectivity index (χ2n) is 11.1. The van der Waals surface area contributed by atoms with Crippen molar-refractivity contribution in [1.82, 2.24) is 16.0 Å². The standard InChI is InChI=1S/C28H49N5O3/c1-29-17-11-21-33(4,5)22-12-18-30-27(35)16-7-6-10-20-32(2,3)23-13-19-31-28(36)26-15-9-8-14-25(26)24-34/h8-9,14-15,24,29H,6-7,10-13,16-23H2,1-5H3/p+2. The van der Waals surface area contributed by atoms with Crippen LogP contribution in [-0.4, -0.2) is 108 Å². The SMILES string of the molecule is CNCCC[N+](C)(C)CCCNC(=O)CCCCC[N+](C)(C)CCCNC(=O)c1ccccc1C=O. The van der Waals surface area contributed by atoms with Crippen molar-refractivity contribution in [3.63, 3.8) is 0 Å². The highest BCUT2D eigenvalue weighted by Gasteiger charge is 2.16. The van der Waals surface area contributed by atoms with E-state index in [1.807, 2.05) is 7.05 Å². The number of carbonyl (C=O) groups is 3. The van der Waals surface area contributed by atoms with Crippen molar-refractivity contribution < 1.29 is 23.3 Å². The quantitative estimate of drug-likeness (QED) is 0.144. The third-order valence-electron chi connectivity index (χ3n) is 6.68. The number of hydrogen-bond donors (Lipinski definition) is 3. The fourth-order valence-corrected chi connectivity index (χ4v) is 4.34. The van der Waals surface area contributed by atoms with Gasteiger partial charge in [0.25, 0.3) is 5.91 Å². The minimum absolute atomic E-state index is 0.163. The molecule has 0 heterocycles. The summed E-state index contributed by atoms with van der Waals surface area (Å²) in [5, 5.41) is 9.18. The molecule has 0 aliphatic heterocycles. The molecule has 0 unspecified atom stereocenters. The van der Waals surface area contributed by atoms with Crippen LogP contribution in [0.4, 0.5) is 0 Å². The zero-order valence-electron chi connectivity index (χ0n) is 23.4. The number of hydrogen-bond acceptors (Lipinski definition) is 4. The number of benzene rings is 1. The van der Waals surface area contributed by atoms with Gasteiger partial charge in [-0.3, -0.25) is 14.4 Å². The molecule has 0 atom stereocenters. The maximum atomic E-state index is 12.3. The number of rotatable bonds is 20. The Balaban J connectivity index is 2.10. The van der Waals surface area contributed by atoms with E-state index in [9.17, 15) is 14.4 Å². The number of amides is 2. The van der Waals surface area contributed by atoms with Crippen LogP contribution in [0.5, 0.6) is 0 Å². The van der Waals surface area contributed by atoms with E-state index in [-0.39, 0.29) is 11.8 Å². The molecule has 8 heteroatoms. The Morgan fingerprint density at radius 3 is 1.92 bits per heavy atom.